The van der Waals surface area contributed by atoms with Crippen molar-refractivity contribution in [2.24, 2.45) is 0 Å². The molecule has 0 bridgehead atoms. The predicted molar refractivity (Wildman–Crippen MR) is 164 cm³/mol. The summed E-state index contributed by atoms with van der Waals surface area (Å²) < 4.78 is 46.6. The Labute approximate surface area is 248 Å². The molecule has 3 aromatic carbocycles. The fraction of sp³-hybridized carbons (Fsp3) is 0.250. The first kappa shape index (κ1) is 28.5. The lowest BCUT2D eigenvalue weighted by Gasteiger charge is -2.34. The van der Waals surface area contributed by atoms with Crippen molar-refractivity contribution in [2.75, 3.05) is 37.7 Å². The van der Waals surface area contributed by atoms with Crippen molar-refractivity contribution < 1.29 is 26.8 Å². The first-order chi connectivity index (χ1) is 20.5. The Morgan fingerprint density at radius 2 is 1.84 bits per heavy atom. The molecule has 0 aliphatic carbocycles. The highest BCUT2D eigenvalue weighted by molar-refractivity contribution is 7.92. The zero-order valence-electron chi connectivity index (χ0n) is 24.0. The van der Waals surface area contributed by atoms with Gasteiger partial charge in [-0.05, 0) is 60.9 Å². The molecule has 1 aliphatic rings. The Morgan fingerprint density at radius 1 is 1.09 bits per heavy atom. The lowest BCUT2D eigenvalue weighted by Crippen LogP contribution is -2.39. The number of sulfonamides is 1. The van der Waals surface area contributed by atoms with Crippen LogP contribution in [0.4, 0.5) is 10.1 Å². The summed E-state index contributed by atoms with van der Waals surface area (Å²) in [6.45, 7) is 0.927. The van der Waals surface area contributed by atoms with Crippen LogP contribution in [0.15, 0.2) is 71.1 Å². The average Bonchev–Trinajstić information content (AvgIpc) is 3.61. The smallest absolute Gasteiger partial charge is 0.270 e. The molecular weight excluding hydrogens is 571 g/mol. The van der Waals surface area contributed by atoms with Crippen molar-refractivity contribution in [2.45, 2.75) is 18.8 Å². The van der Waals surface area contributed by atoms with Gasteiger partial charge < -0.3 is 19.6 Å². The van der Waals surface area contributed by atoms with E-state index in [2.05, 4.69) is 10.3 Å². The van der Waals surface area contributed by atoms with Gasteiger partial charge in [-0.3, -0.25) is 13.9 Å². The number of benzene rings is 3. The maximum absolute atomic E-state index is 13.7. The van der Waals surface area contributed by atoms with E-state index in [0.717, 1.165) is 17.2 Å². The maximum atomic E-state index is 13.7. The van der Waals surface area contributed by atoms with E-state index in [0.29, 0.717) is 59.4 Å². The van der Waals surface area contributed by atoms with Gasteiger partial charge in [0.05, 0.1) is 17.5 Å². The van der Waals surface area contributed by atoms with Crippen LogP contribution in [0.5, 0.6) is 0 Å². The van der Waals surface area contributed by atoms with Gasteiger partial charge in [-0.2, -0.15) is 0 Å². The van der Waals surface area contributed by atoms with Crippen molar-refractivity contribution in [3.63, 3.8) is 0 Å². The van der Waals surface area contributed by atoms with E-state index in [-0.39, 0.29) is 23.1 Å². The Hall–Kier alpha value is -4.64. The molecule has 1 saturated heterocycles. The monoisotopic (exact) mass is 602 g/mol. The molecule has 1 atom stereocenters. The number of amides is 2. The van der Waals surface area contributed by atoms with E-state index < -0.39 is 21.7 Å². The molecule has 0 spiro atoms. The molecular formula is C32H31FN4O5S. The third-order valence-electron chi connectivity index (χ3n) is 8.14. The molecule has 0 saturated carbocycles. The molecule has 1 aliphatic heterocycles. The van der Waals surface area contributed by atoms with Gasteiger partial charge in [0.25, 0.3) is 11.8 Å². The number of rotatable bonds is 6. The van der Waals surface area contributed by atoms with Crippen molar-refractivity contribution in [3.8, 4) is 11.3 Å². The van der Waals surface area contributed by atoms with Crippen molar-refractivity contribution in [1.29, 1.82) is 0 Å². The fourth-order valence-electron chi connectivity index (χ4n) is 5.86. The van der Waals surface area contributed by atoms with Crippen LogP contribution in [0.3, 0.4) is 0 Å². The van der Waals surface area contributed by atoms with Crippen molar-refractivity contribution in [1.82, 2.24) is 15.2 Å². The van der Waals surface area contributed by atoms with Gasteiger partial charge in [0.1, 0.15) is 22.9 Å². The molecule has 222 valence electrons. The Kier molecular flexibility index (Phi) is 7.21. The van der Waals surface area contributed by atoms with Crippen LogP contribution in [0, 0.1) is 5.82 Å². The van der Waals surface area contributed by atoms with Gasteiger partial charge in [-0.1, -0.05) is 18.2 Å². The highest BCUT2D eigenvalue weighted by Crippen LogP contribution is 2.42. The number of H-pyrrole nitrogens is 1. The molecule has 9 nitrogen and oxygen atoms in total. The summed E-state index contributed by atoms with van der Waals surface area (Å²) >= 11 is 0. The van der Waals surface area contributed by atoms with E-state index >= 15 is 0 Å². The summed E-state index contributed by atoms with van der Waals surface area (Å²) in [6.07, 6.45) is 2.55. The van der Waals surface area contributed by atoms with Crippen LogP contribution < -0.4 is 9.62 Å². The van der Waals surface area contributed by atoms with E-state index in [1.807, 2.05) is 30.3 Å². The second kappa shape index (κ2) is 10.9. The second-order valence-corrected chi connectivity index (χ2v) is 12.9. The summed E-state index contributed by atoms with van der Waals surface area (Å²) in [5.74, 6) is -0.920. The number of fused-ring (bicyclic) bond motifs is 2. The van der Waals surface area contributed by atoms with Gasteiger partial charge in [-0.15, -0.1) is 0 Å². The first-order valence-electron chi connectivity index (χ1n) is 13.9. The maximum Gasteiger partial charge on any atom is 0.270 e. The van der Waals surface area contributed by atoms with E-state index in [1.54, 1.807) is 17.0 Å². The van der Waals surface area contributed by atoms with Crippen LogP contribution in [0.1, 0.15) is 45.2 Å². The number of anilines is 1. The van der Waals surface area contributed by atoms with Crippen LogP contribution in [-0.4, -0.2) is 63.6 Å². The number of hydrogen-bond donors (Lipinski definition) is 2. The highest BCUT2D eigenvalue weighted by atomic mass is 32.2. The minimum Gasteiger partial charge on any atom is -0.455 e. The summed E-state index contributed by atoms with van der Waals surface area (Å²) in [4.78, 5) is 31.8. The third kappa shape index (κ3) is 5.25. The topological polar surface area (TPSA) is 116 Å². The molecule has 2 amide bonds. The molecule has 5 aromatic rings. The summed E-state index contributed by atoms with van der Waals surface area (Å²) in [5, 5.41) is 4.10. The predicted octanol–water partition coefficient (Wildman–Crippen LogP) is 5.50. The largest absolute Gasteiger partial charge is 0.455 e. The number of piperidine rings is 1. The van der Waals surface area contributed by atoms with Crippen LogP contribution in [0.2, 0.25) is 0 Å². The van der Waals surface area contributed by atoms with Crippen LogP contribution in [-0.2, 0) is 10.0 Å². The lowest BCUT2D eigenvalue weighted by molar-refractivity contribution is 0.0702. The third-order valence-corrected chi connectivity index (χ3v) is 9.33. The second-order valence-electron chi connectivity index (χ2n) is 10.9. The number of hydrogen-bond acceptors (Lipinski definition) is 5. The zero-order chi connectivity index (χ0) is 30.5. The number of halogens is 1. The number of carbonyl (C=O) groups is 2. The van der Waals surface area contributed by atoms with Crippen LogP contribution in [0.25, 0.3) is 33.2 Å². The first-order valence-corrected chi connectivity index (χ1v) is 15.8. The van der Waals surface area contributed by atoms with Crippen LogP contribution >= 0.6 is 0 Å². The number of likely N-dealkylation sites (tertiary alicyclic amines) is 1. The molecule has 2 aromatic heterocycles. The average molecular weight is 603 g/mol. The quantitative estimate of drug-likeness (QED) is 0.267. The summed E-state index contributed by atoms with van der Waals surface area (Å²) in [7, 11) is -0.687. The Balaban J connectivity index is 1.46. The Morgan fingerprint density at radius 3 is 2.53 bits per heavy atom. The molecule has 1 fully saturated rings. The zero-order valence-corrected chi connectivity index (χ0v) is 24.8. The van der Waals surface area contributed by atoms with Gasteiger partial charge in [-0.25, -0.2) is 12.8 Å². The number of aromatic amines is 1. The van der Waals surface area contributed by atoms with Crippen molar-refractivity contribution in [3.05, 3.63) is 89.4 Å². The summed E-state index contributed by atoms with van der Waals surface area (Å²) in [6, 6.07) is 18.6. The number of nitrogens with zero attached hydrogens (tertiary/aromatic N) is 2. The number of furan rings is 1. The fourth-order valence-corrected chi connectivity index (χ4v) is 6.37. The van der Waals surface area contributed by atoms with Gasteiger partial charge in [0, 0.05) is 61.0 Å². The lowest BCUT2D eigenvalue weighted by atomic mass is 9.88. The SMILES string of the molecule is CNC(=O)c1c(-c2ccc(F)cc2)oc2cc(N(C)S(C)(=O)=O)c([C@H]3CCCN(C(=O)c4cc5ccccc5[nH]4)C3)cc12. The molecule has 3 heterocycles. The minimum atomic E-state index is -3.67. The molecule has 43 heavy (non-hydrogen) atoms. The van der Waals surface area contributed by atoms with Gasteiger partial charge in [0.15, 0.2) is 0 Å². The number of para-hydroxylation sites is 1. The molecule has 0 unspecified atom stereocenters. The Bertz CT molecular complexity index is 1950. The van der Waals surface area contributed by atoms with Gasteiger partial charge >= 0.3 is 0 Å². The van der Waals surface area contributed by atoms with E-state index in [9.17, 15) is 22.4 Å². The van der Waals surface area contributed by atoms with Crippen molar-refractivity contribution >= 4 is 49.4 Å². The number of carbonyl (C=O) groups excluding carboxylic acids is 2. The normalized spacial score (nSPS) is 15.6. The standard InChI is InChI=1S/C32H31FN4O5S/c1-34-31(38)29-24-16-23(21-8-6-14-37(18-21)32(39)26-15-20-7-4-5-9-25(20)35-26)27(36(2)43(3,40)41)17-28(24)42-30(29)19-10-12-22(33)13-11-19/h4-5,7,9-13,15-17,21,35H,6,8,14,18H2,1-3H3,(H,34,38)/t21-/m0/s1. The molecule has 0 radical (unpaired) electrons. The summed E-state index contributed by atoms with van der Waals surface area (Å²) in [5.41, 5.74) is 3.54. The van der Waals surface area contributed by atoms with E-state index in [4.69, 9.17) is 4.42 Å². The minimum absolute atomic E-state index is 0.132. The highest BCUT2D eigenvalue weighted by Gasteiger charge is 2.32. The number of aromatic nitrogens is 1. The molecule has 2 N–H and O–H groups in total. The molecule has 6 rings (SSSR count). The van der Waals surface area contributed by atoms with Gasteiger partial charge in [0.2, 0.25) is 10.0 Å². The molecule has 11 heteroatoms. The van der Waals surface area contributed by atoms with E-state index in [1.165, 1.54) is 42.7 Å². The number of nitrogens with one attached hydrogen (secondary N) is 2.